The molecule has 1 atom stereocenters. The highest BCUT2D eigenvalue weighted by molar-refractivity contribution is 5.69. The highest BCUT2D eigenvalue weighted by atomic mass is 16.8. The lowest BCUT2D eigenvalue weighted by Crippen LogP contribution is -2.21. The Morgan fingerprint density at radius 1 is 0.920 bits per heavy atom. The third kappa shape index (κ3) is 19.3. The zero-order valence-electron chi connectivity index (χ0n) is 16.3. The first-order valence-corrected chi connectivity index (χ1v) is 10.3. The van der Waals surface area contributed by atoms with Crippen LogP contribution in [0.4, 0.5) is 0 Å². The van der Waals surface area contributed by atoms with Crippen molar-refractivity contribution in [1.82, 2.24) is 0 Å². The number of aliphatic hydroxyl groups is 2. The maximum absolute atomic E-state index is 11.4. The molecule has 0 aromatic heterocycles. The summed E-state index contributed by atoms with van der Waals surface area (Å²) in [6, 6.07) is 0. The molecule has 0 bridgehead atoms. The third-order valence-electron chi connectivity index (χ3n) is 4.29. The standard InChI is InChI=1S/C21H40O4/c1-2-3-4-5-6-7-8-9-10-11-12-13-14-15-16-17-21(24)25-19-20(23)18-22/h9-10,20,22-23H,2-8,11-19H2,1H3/i18+2,19+2,20+2. The van der Waals surface area contributed by atoms with Gasteiger partial charge in [0.2, 0.25) is 0 Å². The number of esters is 1. The first-order valence-electron chi connectivity index (χ1n) is 10.3. The molecule has 4 nitrogen and oxygen atoms in total. The highest BCUT2D eigenvalue weighted by Gasteiger charge is 2.07. The summed E-state index contributed by atoms with van der Waals surface area (Å²) in [5, 5.41) is 17.7. The fourth-order valence-corrected chi connectivity index (χ4v) is 2.65. The molecule has 2 N–H and O–H groups in total. The summed E-state index contributed by atoms with van der Waals surface area (Å²) >= 11 is 0. The van der Waals surface area contributed by atoms with Crippen molar-refractivity contribution in [2.24, 2.45) is 0 Å². The summed E-state index contributed by atoms with van der Waals surface area (Å²) in [5.74, 6) is -0.287. The fraction of sp³-hybridized carbons (Fsp3) is 0.857. The van der Waals surface area contributed by atoms with Crippen LogP contribution < -0.4 is 0 Å². The number of rotatable bonds is 18. The number of unbranched alkanes of at least 4 members (excludes halogenated alkanes) is 11. The summed E-state index contributed by atoms with van der Waals surface area (Å²) in [6.07, 6.45) is 20.1. The zero-order chi connectivity index (χ0) is 18.6. The molecule has 0 fully saturated rings. The van der Waals surface area contributed by atoms with Gasteiger partial charge in [-0.3, -0.25) is 4.79 Å². The van der Waals surface area contributed by atoms with Gasteiger partial charge in [-0.2, -0.15) is 0 Å². The molecule has 0 aliphatic rings. The van der Waals surface area contributed by atoms with E-state index >= 15 is 0 Å². The van der Waals surface area contributed by atoms with Crippen LogP contribution in [-0.4, -0.2) is 35.5 Å². The number of hydrogen-bond acceptors (Lipinski definition) is 4. The van der Waals surface area contributed by atoms with E-state index in [0.29, 0.717) is 6.42 Å². The van der Waals surface area contributed by atoms with E-state index in [1.807, 2.05) is 0 Å². The van der Waals surface area contributed by atoms with Gasteiger partial charge in [-0.15, -0.1) is 0 Å². The second kappa shape index (κ2) is 19.5. The van der Waals surface area contributed by atoms with Crippen LogP contribution in [0.5, 0.6) is 0 Å². The lowest BCUT2D eigenvalue weighted by atomic mass is 10.1. The van der Waals surface area contributed by atoms with Gasteiger partial charge in [0.15, 0.2) is 0 Å². The van der Waals surface area contributed by atoms with E-state index in [1.54, 1.807) is 0 Å². The van der Waals surface area contributed by atoms with E-state index in [-0.39, 0.29) is 19.2 Å². The minimum atomic E-state index is -0.960. The lowest BCUT2D eigenvalue weighted by Gasteiger charge is -2.08. The van der Waals surface area contributed by atoms with Crippen LogP contribution in [0.2, 0.25) is 0 Å². The van der Waals surface area contributed by atoms with Gasteiger partial charge in [-0.1, -0.05) is 70.4 Å². The van der Waals surface area contributed by atoms with Gasteiger partial charge in [-0.05, 0) is 32.1 Å². The predicted octanol–water partition coefficient (Wildman–Crippen LogP) is 4.92. The molecule has 25 heavy (non-hydrogen) atoms. The molecule has 148 valence electrons. The van der Waals surface area contributed by atoms with Crippen LogP contribution in [0.25, 0.3) is 0 Å². The maximum Gasteiger partial charge on any atom is 0.305 e. The normalized spacial score (nSPS) is 12.6. The molecule has 0 aromatic carbocycles. The summed E-state index contributed by atoms with van der Waals surface area (Å²) < 4.78 is 4.86. The minimum Gasteiger partial charge on any atom is -0.463 e. The molecule has 0 heterocycles. The number of carbonyl (C=O) groups excluding carboxylic acids is 1. The van der Waals surface area contributed by atoms with Crippen molar-refractivity contribution in [3.8, 4) is 0 Å². The minimum absolute atomic E-state index is 0.111. The van der Waals surface area contributed by atoms with Crippen molar-refractivity contribution in [2.45, 2.75) is 103 Å². The molecule has 0 radical (unpaired) electrons. The maximum atomic E-state index is 11.4. The van der Waals surface area contributed by atoms with Gasteiger partial charge in [0.1, 0.15) is 12.7 Å². The Hall–Kier alpha value is -0.870. The van der Waals surface area contributed by atoms with Gasteiger partial charge in [0.25, 0.3) is 0 Å². The van der Waals surface area contributed by atoms with Crippen LogP contribution in [0.3, 0.4) is 0 Å². The monoisotopic (exact) mass is 362 g/mol. The molecule has 0 rings (SSSR count). The van der Waals surface area contributed by atoms with Crippen molar-refractivity contribution in [2.75, 3.05) is 13.2 Å². The second-order valence-corrected chi connectivity index (χ2v) is 6.85. The first-order chi connectivity index (χ1) is 12.2. The van der Waals surface area contributed by atoms with Gasteiger partial charge < -0.3 is 14.9 Å². The van der Waals surface area contributed by atoms with Gasteiger partial charge in [-0.25, -0.2) is 0 Å². The molecule has 1 unspecified atom stereocenters. The average molecular weight is 363 g/mol. The van der Waals surface area contributed by atoms with Crippen LogP contribution in [0, 0.1) is 0 Å². The molecule has 0 spiro atoms. The molecule has 0 aromatic rings. The number of aliphatic hydroxyl groups excluding tert-OH is 2. The topological polar surface area (TPSA) is 66.8 Å². The van der Waals surface area contributed by atoms with Crippen molar-refractivity contribution >= 4 is 5.97 Å². The van der Waals surface area contributed by atoms with E-state index in [0.717, 1.165) is 25.7 Å². The number of allylic oxidation sites excluding steroid dienone is 2. The Morgan fingerprint density at radius 2 is 1.44 bits per heavy atom. The van der Waals surface area contributed by atoms with E-state index in [1.165, 1.54) is 57.8 Å². The number of ether oxygens (including phenoxy) is 1. The van der Waals surface area contributed by atoms with Crippen molar-refractivity contribution in [3.63, 3.8) is 0 Å². The van der Waals surface area contributed by atoms with Crippen LogP contribution >= 0.6 is 0 Å². The van der Waals surface area contributed by atoms with Crippen LogP contribution in [-0.2, 0) is 9.53 Å². The summed E-state index contributed by atoms with van der Waals surface area (Å²) in [5.41, 5.74) is 0. The molecule has 0 aliphatic carbocycles. The Bertz CT molecular complexity index is 315. The summed E-state index contributed by atoms with van der Waals surface area (Å²) in [6.45, 7) is 1.77. The predicted molar refractivity (Wildman–Crippen MR) is 104 cm³/mol. The van der Waals surface area contributed by atoms with Crippen LogP contribution in [0.1, 0.15) is 96.8 Å². The number of hydrogen-bond donors (Lipinski definition) is 2. The molecule has 0 saturated carbocycles. The first kappa shape index (κ1) is 24.1. The molecule has 4 heteroatoms. The Labute approximate surface area is 154 Å². The molecule has 0 aliphatic heterocycles. The van der Waals surface area contributed by atoms with E-state index in [2.05, 4.69) is 19.1 Å². The van der Waals surface area contributed by atoms with E-state index in [4.69, 9.17) is 14.9 Å². The van der Waals surface area contributed by atoms with E-state index in [9.17, 15) is 4.79 Å². The molecule has 0 saturated heterocycles. The molecular weight excluding hydrogens is 322 g/mol. The van der Waals surface area contributed by atoms with Gasteiger partial charge in [0, 0.05) is 6.42 Å². The zero-order valence-corrected chi connectivity index (χ0v) is 16.3. The summed E-state index contributed by atoms with van der Waals surface area (Å²) in [7, 11) is 0. The molecule has 0 amide bonds. The third-order valence-corrected chi connectivity index (χ3v) is 4.29. The number of carbonyl (C=O) groups is 1. The van der Waals surface area contributed by atoms with E-state index < -0.39 is 6.10 Å². The SMILES string of the molecule is CCCCCCCCC=CCCCCCCCC(=O)O[14CH2][14CH](O)[14CH2]O. The molecular formula is C21H40O4. The summed E-state index contributed by atoms with van der Waals surface area (Å²) in [4.78, 5) is 11.4. The highest BCUT2D eigenvalue weighted by Crippen LogP contribution is 2.10. The smallest absolute Gasteiger partial charge is 0.305 e. The fourth-order valence-electron chi connectivity index (χ4n) is 2.65. The lowest BCUT2D eigenvalue weighted by molar-refractivity contribution is -0.147. The average Bonchev–Trinajstić information content (AvgIpc) is 2.62. The second-order valence-electron chi connectivity index (χ2n) is 6.85. The largest absolute Gasteiger partial charge is 0.463 e. The van der Waals surface area contributed by atoms with Crippen molar-refractivity contribution in [3.05, 3.63) is 12.2 Å². The quantitative estimate of drug-likeness (QED) is 0.206. The van der Waals surface area contributed by atoms with Crippen LogP contribution in [0.15, 0.2) is 12.2 Å². The Morgan fingerprint density at radius 3 is 2.00 bits per heavy atom. The van der Waals surface area contributed by atoms with Gasteiger partial charge in [0.05, 0.1) is 6.61 Å². The van der Waals surface area contributed by atoms with Crippen molar-refractivity contribution < 1.29 is 19.7 Å². The van der Waals surface area contributed by atoms with Gasteiger partial charge >= 0.3 is 5.97 Å². The van der Waals surface area contributed by atoms with Crippen molar-refractivity contribution in [1.29, 1.82) is 0 Å². The Balaban J connectivity index is 3.22. The Kier molecular flexibility index (Phi) is 18.8.